The Labute approximate surface area is 158 Å². The second-order valence-corrected chi connectivity index (χ2v) is 9.16. The van der Waals surface area contributed by atoms with Gasteiger partial charge < -0.3 is 4.42 Å². The van der Waals surface area contributed by atoms with E-state index in [9.17, 15) is 8.42 Å². The molecule has 0 bridgehead atoms. The number of aromatic nitrogens is 1. The third kappa shape index (κ3) is 2.75. The van der Waals surface area contributed by atoms with Crippen molar-refractivity contribution in [2.75, 3.05) is 4.31 Å². The number of para-hydroxylation sites is 1. The fourth-order valence-corrected chi connectivity index (χ4v) is 5.44. The molecule has 3 aromatic rings. The molecule has 2 aliphatic rings. The van der Waals surface area contributed by atoms with Crippen molar-refractivity contribution >= 4 is 15.7 Å². The summed E-state index contributed by atoms with van der Waals surface area (Å²) in [5.74, 6) is 1.92. The normalized spacial score (nSPS) is 19.3. The number of nitrogens with zero attached hydrogens (tertiary/aromatic N) is 2. The van der Waals surface area contributed by atoms with E-state index in [4.69, 9.17) is 4.42 Å². The van der Waals surface area contributed by atoms with Gasteiger partial charge in [-0.05, 0) is 62.1 Å². The van der Waals surface area contributed by atoms with Gasteiger partial charge in [-0.3, -0.25) is 4.31 Å². The van der Waals surface area contributed by atoms with Crippen LogP contribution in [0.2, 0.25) is 0 Å². The number of rotatable bonds is 4. The largest absolute Gasteiger partial charge is 0.440 e. The minimum Gasteiger partial charge on any atom is -0.440 e. The quantitative estimate of drug-likeness (QED) is 0.675. The fourth-order valence-electron chi connectivity index (χ4n) is 3.75. The number of anilines is 1. The van der Waals surface area contributed by atoms with Crippen molar-refractivity contribution in [1.82, 2.24) is 4.98 Å². The molecule has 138 valence electrons. The molecule has 5 rings (SSSR count). The highest BCUT2D eigenvalue weighted by Crippen LogP contribution is 2.41. The van der Waals surface area contributed by atoms with Crippen molar-refractivity contribution < 1.29 is 12.8 Å². The predicted octanol–water partition coefficient (Wildman–Crippen LogP) is 4.36. The Hall–Kier alpha value is -2.60. The Balaban J connectivity index is 1.47. The Morgan fingerprint density at radius 1 is 1.07 bits per heavy atom. The minimum atomic E-state index is -3.61. The highest BCUT2D eigenvalue weighted by atomic mass is 32.2. The predicted molar refractivity (Wildman–Crippen MR) is 103 cm³/mol. The van der Waals surface area contributed by atoms with Gasteiger partial charge in [0.05, 0.1) is 16.8 Å². The molecule has 27 heavy (non-hydrogen) atoms. The van der Waals surface area contributed by atoms with Crippen LogP contribution in [0.1, 0.15) is 37.1 Å². The van der Waals surface area contributed by atoms with E-state index in [2.05, 4.69) is 4.98 Å². The maximum atomic E-state index is 13.2. The zero-order valence-corrected chi connectivity index (χ0v) is 15.8. The monoisotopic (exact) mass is 380 g/mol. The Morgan fingerprint density at radius 3 is 2.56 bits per heavy atom. The van der Waals surface area contributed by atoms with Gasteiger partial charge in [0, 0.05) is 17.5 Å². The number of sulfonamides is 1. The van der Waals surface area contributed by atoms with Crippen LogP contribution in [0.15, 0.2) is 64.0 Å². The molecule has 5 nitrogen and oxygen atoms in total. The van der Waals surface area contributed by atoms with Gasteiger partial charge in [0.25, 0.3) is 10.0 Å². The van der Waals surface area contributed by atoms with Crippen LogP contribution in [0.25, 0.3) is 11.3 Å². The van der Waals surface area contributed by atoms with Crippen molar-refractivity contribution in [3.05, 3.63) is 66.2 Å². The SMILES string of the molecule is CC1Cc2ccccc2N1S(=O)(=O)c1ccc(-c2cnc(C3CC3)o2)cc1. The smallest absolute Gasteiger partial charge is 0.264 e. The summed E-state index contributed by atoms with van der Waals surface area (Å²) >= 11 is 0. The van der Waals surface area contributed by atoms with Crippen molar-refractivity contribution in [2.24, 2.45) is 0 Å². The van der Waals surface area contributed by atoms with E-state index in [-0.39, 0.29) is 10.9 Å². The summed E-state index contributed by atoms with van der Waals surface area (Å²) < 4.78 is 33.8. The van der Waals surface area contributed by atoms with E-state index >= 15 is 0 Å². The summed E-state index contributed by atoms with van der Waals surface area (Å²) in [7, 11) is -3.61. The number of oxazole rings is 1. The molecule has 1 fully saturated rings. The molecule has 1 saturated carbocycles. The van der Waals surface area contributed by atoms with Crippen LogP contribution in [0, 0.1) is 0 Å². The van der Waals surface area contributed by atoms with Gasteiger partial charge in [-0.25, -0.2) is 13.4 Å². The highest BCUT2D eigenvalue weighted by molar-refractivity contribution is 7.92. The lowest BCUT2D eigenvalue weighted by Crippen LogP contribution is -2.35. The Morgan fingerprint density at radius 2 is 1.81 bits per heavy atom. The second-order valence-electron chi connectivity index (χ2n) is 7.34. The van der Waals surface area contributed by atoms with Crippen molar-refractivity contribution in [2.45, 2.75) is 43.0 Å². The summed E-state index contributed by atoms with van der Waals surface area (Å²) in [5.41, 5.74) is 2.68. The number of fused-ring (bicyclic) bond motifs is 1. The Bertz CT molecular complexity index is 1100. The first-order valence-electron chi connectivity index (χ1n) is 9.22. The van der Waals surface area contributed by atoms with Gasteiger partial charge in [-0.2, -0.15) is 0 Å². The van der Waals surface area contributed by atoms with Crippen LogP contribution in [0.4, 0.5) is 5.69 Å². The maximum absolute atomic E-state index is 13.2. The minimum absolute atomic E-state index is 0.0950. The van der Waals surface area contributed by atoms with Crippen LogP contribution in [-0.2, 0) is 16.4 Å². The van der Waals surface area contributed by atoms with Crippen LogP contribution < -0.4 is 4.31 Å². The highest BCUT2D eigenvalue weighted by Gasteiger charge is 2.35. The van der Waals surface area contributed by atoms with E-state index < -0.39 is 10.0 Å². The average molecular weight is 380 g/mol. The summed E-state index contributed by atoms with van der Waals surface area (Å²) in [4.78, 5) is 4.62. The number of benzene rings is 2. The van der Waals surface area contributed by atoms with Crippen LogP contribution in [-0.4, -0.2) is 19.4 Å². The molecular weight excluding hydrogens is 360 g/mol. The Kier molecular flexibility index (Phi) is 3.65. The first-order chi connectivity index (χ1) is 13.0. The first kappa shape index (κ1) is 16.6. The third-order valence-corrected chi connectivity index (χ3v) is 7.23. The lowest BCUT2D eigenvalue weighted by Gasteiger charge is -2.24. The third-order valence-electron chi connectivity index (χ3n) is 5.29. The summed E-state index contributed by atoms with van der Waals surface area (Å²) in [5, 5.41) is 0. The van der Waals surface area contributed by atoms with Crippen molar-refractivity contribution in [3.8, 4) is 11.3 Å². The van der Waals surface area contributed by atoms with Crippen LogP contribution >= 0.6 is 0 Å². The van der Waals surface area contributed by atoms with Gasteiger partial charge in [0.15, 0.2) is 11.7 Å². The van der Waals surface area contributed by atoms with E-state index in [1.54, 1.807) is 30.5 Å². The van der Waals surface area contributed by atoms with Gasteiger partial charge >= 0.3 is 0 Å². The molecule has 1 unspecified atom stereocenters. The van der Waals surface area contributed by atoms with E-state index in [0.29, 0.717) is 11.7 Å². The standard InChI is InChI=1S/C21H20N2O3S/c1-14-12-17-4-2-3-5-19(17)23(14)27(24,25)18-10-8-15(9-11-18)20-13-22-21(26-20)16-6-7-16/h2-5,8-11,13-14,16H,6-7,12H2,1H3. The van der Waals surface area contributed by atoms with Gasteiger partial charge in [-0.15, -0.1) is 0 Å². The van der Waals surface area contributed by atoms with Gasteiger partial charge in [0.2, 0.25) is 0 Å². The van der Waals surface area contributed by atoms with Crippen LogP contribution in [0.5, 0.6) is 0 Å². The van der Waals surface area contributed by atoms with Crippen LogP contribution in [0.3, 0.4) is 0 Å². The van der Waals surface area contributed by atoms with E-state index in [0.717, 1.165) is 42.0 Å². The van der Waals surface area contributed by atoms with E-state index in [1.165, 1.54) is 4.31 Å². The first-order valence-corrected chi connectivity index (χ1v) is 10.7. The molecule has 1 aliphatic heterocycles. The fraction of sp³-hybridized carbons (Fsp3) is 0.286. The molecule has 2 heterocycles. The summed E-state index contributed by atoms with van der Waals surface area (Å²) in [6.07, 6.45) is 4.71. The van der Waals surface area contributed by atoms with Gasteiger partial charge in [-0.1, -0.05) is 18.2 Å². The van der Waals surface area contributed by atoms with Crippen molar-refractivity contribution in [1.29, 1.82) is 0 Å². The number of hydrogen-bond acceptors (Lipinski definition) is 4. The molecule has 1 aliphatic carbocycles. The summed E-state index contributed by atoms with van der Waals surface area (Å²) in [6.45, 7) is 1.94. The lowest BCUT2D eigenvalue weighted by atomic mass is 10.1. The molecular formula is C21H20N2O3S. The molecule has 0 N–H and O–H groups in total. The zero-order valence-electron chi connectivity index (χ0n) is 15.0. The maximum Gasteiger partial charge on any atom is 0.264 e. The molecule has 0 saturated heterocycles. The molecule has 1 aromatic heterocycles. The topological polar surface area (TPSA) is 63.4 Å². The zero-order chi connectivity index (χ0) is 18.6. The average Bonchev–Trinajstić information content (AvgIpc) is 3.29. The van der Waals surface area contributed by atoms with Crippen molar-refractivity contribution in [3.63, 3.8) is 0 Å². The lowest BCUT2D eigenvalue weighted by molar-refractivity contribution is 0.509. The molecule has 0 spiro atoms. The molecule has 0 radical (unpaired) electrons. The summed E-state index contributed by atoms with van der Waals surface area (Å²) in [6, 6.07) is 14.5. The second kappa shape index (κ2) is 5.96. The van der Waals surface area contributed by atoms with E-state index in [1.807, 2.05) is 31.2 Å². The molecule has 1 atom stereocenters. The molecule has 2 aromatic carbocycles. The molecule has 6 heteroatoms. The van der Waals surface area contributed by atoms with Gasteiger partial charge in [0.1, 0.15) is 0 Å². The number of hydrogen-bond donors (Lipinski definition) is 0. The molecule has 0 amide bonds.